The lowest BCUT2D eigenvalue weighted by Gasteiger charge is -2.33. The number of aromatic amines is 1. The van der Waals surface area contributed by atoms with Crippen molar-refractivity contribution in [1.29, 1.82) is 0 Å². The van der Waals surface area contributed by atoms with Crippen molar-refractivity contribution in [2.75, 3.05) is 19.6 Å². The molecule has 0 aliphatic carbocycles. The molecular weight excluding hydrogens is 250 g/mol. The Kier molecular flexibility index (Phi) is 4.03. The Morgan fingerprint density at radius 2 is 2.25 bits per heavy atom. The summed E-state index contributed by atoms with van der Waals surface area (Å²) in [5, 5.41) is 11.0. The quantitative estimate of drug-likeness (QED) is 0.900. The summed E-state index contributed by atoms with van der Waals surface area (Å²) in [5.74, 6) is 0.614. The predicted molar refractivity (Wildman–Crippen MR) is 80.8 cm³/mol. The lowest BCUT2D eigenvalue weighted by atomic mass is 9.89. The van der Waals surface area contributed by atoms with E-state index in [2.05, 4.69) is 27.1 Å². The van der Waals surface area contributed by atoms with Crippen molar-refractivity contribution >= 4 is 11.0 Å². The Morgan fingerprint density at radius 1 is 1.45 bits per heavy atom. The lowest BCUT2D eigenvalue weighted by Crippen LogP contribution is -2.38. The largest absolute Gasteiger partial charge is 0.392 e. The Hall–Kier alpha value is -1.39. The number of aromatic nitrogens is 2. The standard InChI is InChI=1S/C16H23N3O/c1-2-13(20)11-19-8-5-12(6-9-19)15-10-18-16-14(15)4-3-7-17-16/h3-4,7,10,12-13,20H,2,5-6,8-9,11H2,1H3,(H,17,18)/t13-/m1/s1. The van der Waals surface area contributed by atoms with Crippen molar-refractivity contribution in [2.24, 2.45) is 0 Å². The van der Waals surface area contributed by atoms with Crippen LogP contribution in [0.4, 0.5) is 0 Å². The molecule has 0 radical (unpaired) electrons. The van der Waals surface area contributed by atoms with E-state index in [1.54, 1.807) is 0 Å². The summed E-state index contributed by atoms with van der Waals surface area (Å²) >= 11 is 0. The molecule has 0 saturated carbocycles. The van der Waals surface area contributed by atoms with Gasteiger partial charge < -0.3 is 15.0 Å². The molecule has 0 bridgehead atoms. The van der Waals surface area contributed by atoms with Crippen LogP contribution in [0, 0.1) is 0 Å². The maximum absolute atomic E-state index is 9.75. The van der Waals surface area contributed by atoms with E-state index in [1.807, 2.05) is 19.2 Å². The van der Waals surface area contributed by atoms with Gasteiger partial charge in [-0.2, -0.15) is 0 Å². The minimum Gasteiger partial charge on any atom is -0.392 e. The average molecular weight is 273 g/mol. The van der Waals surface area contributed by atoms with Gasteiger partial charge in [0.05, 0.1) is 6.10 Å². The first-order valence-corrected chi connectivity index (χ1v) is 7.60. The van der Waals surface area contributed by atoms with Crippen LogP contribution >= 0.6 is 0 Å². The van der Waals surface area contributed by atoms with Gasteiger partial charge in [-0.05, 0) is 56.0 Å². The molecule has 0 unspecified atom stereocenters. The Balaban J connectivity index is 1.66. The molecule has 0 spiro atoms. The summed E-state index contributed by atoms with van der Waals surface area (Å²) in [5.41, 5.74) is 2.40. The molecule has 0 aromatic carbocycles. The molecule has 2 N–H and O–H groups in total. The smallest absolute Gasteiger partial charge is 0.137 e. The third-order valence-corrected chi connectivity index (χ3v) is 4.45. The number of hydrogen-bond acceptors (Lipinski definition) is 3. The molecular formula is C16H23N3O. The molecule has 1 saturated heterocycles. The number of β-amino-alcohol motifs (C(OH)–C–C–N with tert-alkyl or cyclic N) is 1. The van der Waals surface area contributed by atoms with E-state index in [1.165, 1.54) is 10.9 Å². The minimum absolute atomic E-state index is 0.177. The highest BCUT2D eigenvalue weighted by atomic mass is 16.3. The Morgan fingerprint density at radius 3 is 3.00 bits per heavy atom. The number of piperidine rings is 1. The summed E-state index contributed by atoms with van der Waals surface area (Å²) in [4.78, 5) is 10.0. The van der Waals surface area contributed by atoms with E-state index >= 15 is 0 Å². The van der Waals surface area contributed by atoms with Gasteiger partial charge >= 0.3 is 0 Å². The van der Waals surface area contributed by atoms with Gasteiger partial charge in [-0.3, -0.25) is 0 Å². The number of H-pyrrole nitrogens is 1. The van der Waals surface area contributed by atoms with Crippen LogP contribution in [-0.4, -0.2) is 45.7 Å². The van der Waals surface area contributed by atoms with Crippen LogP contribution in [0.2, 0.25) is 0 Å². The van der Waals surface area contributed by atoms with Gasteiger partial charge in [0.2, 0.25) is 0 Å². The maximum Gasteiger partial charge on any atom is 0.137 e. The predicted octanol–water partition coefficient (Wildman–Crippen LogP) is 2.51. The second-order valence-electron chi connectivity index (χ2n) is 5.78. The molecule has 2 aromatic heterocycles. The monoisotopic (exact) mass is 273 g/mol. The third-order valence-electron chi connectivity index (χ3n) is 4.45. The number of pyridine rings is 1. The fourth-order valence-corrected chi connectivity index (χ4v) is 3.17. The van der Waals surface area contributed by atoms with Gasteiger partial charge in [-0.25, -0.2) is 4.98 Å². The van der Waals surface area contributed by atoms with E-state index < -0.39 is 0 Å². The summed E-state index contributed by atoms with van der Waals surface area (Å²) in [7, 11) is 0. The van der Waals surface area contributed by atoms with E-state index in [-0.39, 0.29) is 6.10 Å². The number of rotatable bonds is 4. The summed E-state index contributed by atoms with van der Waals surface area (Å²) in [6, 6.07) is 4.16. The number of nitrogens with zero attached hydrogens (tertiary/aromatic N) is 2. The summed E-state index contributed by atoms with van der Waals surface area (Å²) in [6.45, 7) is 5.01. The second kappa shape index (κ2) is 5.94. The third kappa shape index (κ3) is 2.72. The molecule has 20 heavy (non-hydrogen) atoms. The molecule has 0 amide bonds. The topological polar surface area (TPSA) is 52.1 Å². The van der Waals surface area contributed by atoms with Gasteiger partial charge in [-0.15, -0.1) is 0 Å². The SMILES string of the molecule is CC[C@@H](O)CN1CCC(c2c[nH]c3ncccc23)CC1. The number of aliphatic hydroxyl groups is 1. The fourth-order valence-electron chi connectivity index (χ4n) is 3.17. The fraction of sp³-hybridized carbons (Fsp3) is 0.562. The highest BCUT2D eigenvalue weighted by Crippen LogP contribution is 2.32. The summed E-state index contributed by atoms with van der Waals surface area (Å²) < 4.78 is 0. The first-order chi connectivity index (χ1) is 9.78. The molecule has 2 aromatic rings. The number of nitrogens with one attached hydrogen (secondary N) is 1. The molecule has 1 atom stereocenters. The van der Waals surface area contributed by atoms with Crippen LogP contribution in [0.3, 0.4) is 0 Å². The minimum atomic E-state index is -0.177. The Bertz CT molecular complexity index is 558. The highest BCUT2D eigenvalue weighted by Gasteiger charge is 2.23. The highest BCUT2D eigenvalue weighted by molar-refractivity contribution is 5.80. The molecule has 4 heteroatoms. The molecule has 4 nitrogen and oxygen atoms in total. The molecule has 1 aliphatic heterocycles. The van der Waals surface area contributed by atoms with E-state index in [0.717, 1.165) is 44.5 Å². The van der Waals surface area contributed by atoms with Gasteiger partial charge in [0.1, 0.15) is 5.65 Å². The zero-order valence-corrected chi connectivity index (χ0v) is 12.0. The van der Waals surface area contributed by atoms with Crippen LogP contribution in [0.5, 0.6) is 0 Å². The molecule has 1 aliphatic rings. The van der Waals surface area contributed by atoms with Crippen LogP contribution < -0.4 is 0 Å². The van der Waals surface area contributed by atoms with Crippen molar-refractivity contribution in [3.8, 4) is 0 Å². The number of aliphatic hydroxyl groups excluding tert-OH is 1. The van der Waals surface area contributed by atoms with Crippen LogP contribution in [0.15, 0.2) is 24.5 Å². The normalized spacial score (nSPS) is 19.5. The first kappa shape index (κ1) is 13.6. The maximum atomic E-state index is 9.75. The van der Waals surface area contributed by atoms with E-state index in [9.17, 15) is 5.11 Å². The second-order valence-corrected chi connectivity index (χ2v) is 5.78. The van der Waals surface area contributed by atoms with Gasteiger partial charge in [0, 0.05) is 24.3 Å². The van der Waals surface area contributed by atoms with E-state index in [0.29, 0.717) is 5.92 Å². The van der Waals surface area contributed by atoms with Gasteiger partial charge in [-0.1, -0.05) is 6.92 Å². The first-order valence-electron chi connectivity index (χ1n) is 7.60. The molecule has 108 valence electrons. The lowest BCUT2D eigenvalue weighted by molar-refractivity contribution is 0.0945. The zero-order chi connectivity index (χ0) is 13.9. The van der Waals surface area contributed by atoms with Crippen LogP contribution in [0.25, 0.3) is 11.0 Å². The zero-order valence-electron chi connectivity index (χ0n) is 12.0. The number of fused-ring (bicyclic) bond motifs is 1. The van der Waals surface area contributed by atoms with Crippen molar-refractivity contribution in [2.45, 2.75) is 38.2 Å². The van der Waals surface area contributed by atoms with Crippen molar-refractivity contribution < 1.29 is 5.11 Å². The van der Waals surface area contributed by atoms with Crippen LogP contribution in [0.1, 0.15) is 37.7 Å². The van der Waals surface area contributed by atoms with Crippen molar-refractivity contribution in [3.05, 3.63) is 30.1 Å². The average Bonchev–Trinajstić information content (AvgIpc) is 2.92. The molecule has 1 fully saturated rings. The summed E-state index contributed by atoms with van der Waals surface area (Å²) in [6.07, 6.45) is 6.95. The Labute approximate surface area is 119 Å². The van der Waals surface area contributed by atoms with Crippen LogP contribution in [-0.2, 0) is 0 Å². The van der Waals surface area contributed by atoms with Crippen molar-refractivity contribution in [3.63, 3.8) is 0 Å². The molecule has 3 heterocycles. The van der Waals surface area contributed by atoms with Crippen molar-refractivity contribution in [1.82, 2.24) is 14.9 Å². The van der Waals surface area contributed by atoms with Gasteiger partial charge in [0.25, 0.3) is 0 Å². The van der Waals surface area contributed by atoms with Gasteiger partial charge in [0.15, 0.2) is 0 Å². The number of hydrogen-bond donors (Lipinski definition) is 2. The molecule has 3 rings (SSSR count). The van der Waals surface area contributed by atoms with E-state index in [4.69, 9.17) is 0 Å². The number of likely N-dealkylation sites (tertiary alicyclic amines) is 1.